The van der Waals surface area contributed by atoms with Gasteiger partial charge >= 0.3 is 0 Å². The molecule has 21 heavy (non-hydrogen) atoms. The van der Waals surface area contributed by atoms with Crippen LogP contribution in [-0.2, 0) is 19.4 Å². The molecule has 0 radical (unpaired) electrons. The Kier molecular flexibility index (Phi) is 4.91. The molecule has 0 spiro atoms. The summed E-state index contributed by atoms with van der Waals surface area (Å²) < 4.78 is 23.1. The quantitative estimate of drug-likeness (QED) is 0.817. The van der Waals surface area contributed by atoms with E-state index >= 15 is 0 Å². The van der Waals surface area contributed by atoms with Crippen LogP contribution in [0.5, 0.6) is 0 Å². The Balaban J connectivity index is 2.19. The number of hydrogen-bond donors (Lipinski definition) is 1. The van der Waals surface area contributed by atoms with Crippen molar-refractivity contribution in [3.05, 3.63) is 0 Å². The molecular weight excluding hydrogens is 292 g/mol. The average Bonchev–Trinajstić information content (AvgIpc) is 2.43. The fourth-order valence-electron chi connectivity index (χ4n) is 3.25. The molecule has 2 amide bonds. The van der Waals surface area contributed by atoms with Crippen molar-refractivity contribution in [3.63, 3.8) is 0 Å². The van der Waals surface area contributed by atoms with E-state index in [0.29, 0.717) is 25.7 Å². The third kappa shape index (κ3) is 3.39. The average molecular weight is 316 g/mol. The Hall–Kier alpha value is -1.11. The Morgan fingerprint density at radius 3 is 2.33 bits per heavy atom. The second-order valence-corrected chi connectivity index (χ2v) is 8.21. The summed E-state index contributed by atoms with van der Waals surface area (Å²) in [6.07, 6.45) is 2.88. The SMILES string of the molecule is CCCC1NC(=O)C(CC)N(C2CCS(=O)(=O)CC2)C1=O. The van der Waals surface area contributed by atoms with Gasteiger partial charge in [-0.1, -0.05) is 20.3 Å². The highest BCUT2D eigenvalue weighted by Gasteiger charge is 2.43. The van der Waals surface area contributed by atoms with Crippen LogP contribution >= 0.6 is 0 Å². The van der Waals surface area contributed by atoms with E-state index in [9.17, 15) is 18.0 Å². The van der Waals surface area contributed by atoms with Crippen molar-refractivity contribution in [1.29, 1.82) is 0 Å². The lowest BCUT2D eigenvalue weighted by molar-refractivity contribution is -0.152. The maximum atomic E-state index is 12.7. The normalized spacial score (nSPS) is 30.3. The second-order valence-electron chi connectivity index (χ2n) is 5.90. The molecule has 7 heteroatoms. The minimum absolute atomic E-state index is 0.0485. The third-order valence-electron chi connectivity index (χ3n) is 4.39. The number of nitrogens with zero attached hydrogens (tertiary/aromatic N) is 1. The van der Waals surface area contributed by atoms with Crippen LogP contribution in [0.4, 0.5) is 0 Å². The summed E-state index contributed by atoms with van der Waals surface area (Å²) in [6, 6.07) is -1.04. The van der Waals surface area contributed by atoms with Crippen molar-refractivity contribution in [2.45, 2.75) is 64.1 Å². The summed E-state index contributed by atoms with van der Waals surface area (Å²) >= 11 is 0. The Morgan fingerprint density at radius 2 is 1.81 bits per heavy atom. The van der Waals surface area contributed by atoms with E-state index in [-0.39, 0.29) is 29.4 Å². The van der Waals surface area contributed by atoms with Gasteiger partial charge in [0.25, 0.3) is 0 Å². The van der Waals surface area contributed by atoms with Crippen molar-refractivity contribution in [2.24, 2.45) is 0 Å². The maximum absolute atomic E-state index is 12.7. The van der Waals surface area contributed by atoms with Crippen LogP contribution in [0.25, 0.3) is 0 Å². The van der Waals surface area contributed by atoms with Gasteiger partial charge in [-0.25, -0.2) is 8.42 Å². The molecule has 0 aromatic heterocycles. The summed E-state index contributed by atoms with van der Waals surface area (Å²) in [6.45, 7) is 3.85. The molecular formula is C14H24N2O4S. The zero-order chi connectivity index (χ0) is 15.6. The molecule has 2 aliphatic heterocycles. The van der Waals surface area contributed by atoms with Gasteiger partial charge in [0.05, 0.1) is 11.5 Å². The maximum Gasteiger partial charge on any atom is 0.246 e. The lowest BCUT2D eigenvalue weighted by Crippen LogP contribution is -2.66. The second kappa shape index (κ2) is 6.34. The van der Waals surface area contributed by atoms with Crippen LogP contribution in [0.1, 0.15) is 46.0 Å². The van der Waals surface area contributed by atoms with E-state index in [0.717, 1.165) is 6.42 Å². The van der Waals surface area contributed by atoms with E-state index in [1.165, 1.54) is 0 Å². The van der Waals surface area contributed by atoms with Crippen LogP contribution in [-0.4, -0.2) is 54.8 Å². The lowest BCUT2D eigenvalue weighted by Gasteiger charge is -2.44. The van der Waals surface area contributed by atoms with Gasteiger partial charge in [-0.15, -0.1) is 0 Å². The van der Waals surface area contributed by atoms with Crippen LogP contribution in [0.2, 0.25) is 0 Å². The molecule has 2 rings (SSSR count). The van der Waals surface area contributed by atoms with E-state index in [4.69, 9.17) is 0 Å². The molecule has 2 heterocycles. The molecule has 2 fully saturated rings. The first-order valence-electron chi connectivity index (χ1n) is 7.72. The molecule has 2 unspecified atom stereocenters. The molecule has 2 atom stereocenters. The van der Waals surface area contributed by atoms with Crippen LogP contribution in [0, 0.1) is 0 Å². The molecule has 0 aromatic rings. The van der Waals surface area contributed by atoms with Gasteiger partial charge in [0, 0.05) is 6.04 Å². The standard InChI is InChI=1S/C14H24N2O4S/c1-3-5-11-14(18)16(12(4-2)13(17)15-11)10-6-8-21(19,20)9-7-10/h10-12H,3-9H2,1-2H3,(H,15,17). The molecule has 1 N–H and O–H groups in total. The largest absolute Gasteiger partial charge is 0.343 e. The topological polar surface area (TPSA) is 83.6 Å². The Bertz CT molecular complexity index is 503. The molecule has 0 saturated carbocycles. The number of amides is 2. The summed E-state index contributed by atoms with van der Waals surface area (Å²) in [5.41, 5.74) is 0. The summed E-state index contributed by atoms with van der Waals surface area (Å²) in [5, 5.41) is 2.81. The molecule has 2 saturated heterocycles. The third-order valence-corrected chi connectivity index (χ3v) is 6.10. The first-order chi connectivity index (χ1) is 9.89. The number of nitrogens with one attached hydrogen (secondary N) is 1. The number of rotatable bonds is 4. The number of sulfone groups is 1. The van der Waals surface area contributed by atoms with Gasteiger partial charge < -0.3 is 10.2 Å². The van der Waals surface area contributed by atoms with Crippen molar-refractivity contribution >= 4 is 21.7 Å². The minimum atomic E-state index is -2.97. The number of carbonyl (C=O) groups is 2. The van der Waals surface area contributed by atoms with Gasteiger partial charge in [0.1, 0.15) is 21.9 Å². The van der Waals surface area contributed by atoms with E-state index in [1.807, 2.05) is 13.8 Å². The summed E-state index contributed by atoms with van der Waals surface area (Å²) in [7, 11) is -2.97. The van der Waals surface area contributed by atoms with E-state index in [1.54, 1.807) is 4.90 Å². The van der Waals surface area contributed by atoms with Gasteiger partial charge in [0.2, 0.25) is 11.8 Å². The van der Waals surface area contributed by atoms with Crippen LogP contribution in [0.3, 0.4) is 0 Å². The van der Waals surface area contributed by atoms with E-state index in [2.05, 4.69) is 5.32 Å². The zero-order valence-corrected chi connectivity index (χ0v) is 13.5. The first kappa shape index (κ1) is 16.3. The number of piperazine rings is 1. The monoisotopic (exact) mass is 316 g/mol. The van der Waals surface area contributed by atoms with Crippen molar-refractivity contribution in [1.82, 2.24) is 10.2 Å². The fourth-order valence-corrected chi connectivity index (χ4v) is 4.71. The molecule has 2 aliphatic rings. The highest BCUT2D eigenvalue weighted by atomic mass is 32.2. The lowest BCUT2D eigenvalue weighted by atomic mass is 9.97. The van der Waals surface area contributed by atoms with Crippen LogP contribution in [0.15, 0.2) is 0 Å². The molecule has 0 bridgehead atoms. The van der Waals surface area contributed by atoms with E-state index < -0.39 is 21.9 Å². The molecule has 0 aliphatic carbocycles. The first-order valence-corrected chi connectivity index (χ1v) is 9.54. The predicted octanol–water partition coefficient (Wildman–Crippen LogP) is 0.469. The smallest absolute Gasteiger partial charge is 0.246 e. The molecule has 120 valence electrons. The van der Waals surface area contributed by atoms with Gasteiger partial charge in [-0.3, -0.25) is 9.59 Å². The predicted molar refractivity (Wildman–Crippen MR) is 79.4 cm³/mol. The van der Waals surface area contributed by atoms with Gasteiger partial charge in [-0.05, 0) is 25.7 Å². The van der Waals surface area contributed by atoms with Crippen molar-refractivity contribution < 1.29 is 18.0 Å². The highest BCUT2D eigenvalue weighted by Crippen LogP contribution is 2.25. The Labute approximate surface area is 126 Å². The highest BCUT2D eigenvalue weighted by molar-refractivity contribution is 7.91. The van der Waals surface area contributed by atoms with Gasteiger partial charge in [-0.2, -0.15) is 0 Å². The van der Waals surface area contributed by atoms with Crippen LogP contribution < -0.4 is 5.32 Å². The fraction of sp³-hybridized carbons (Fsp3) is 0.857. The van der Waals surface area contributed by atoms with Crippen molar-refractivity contribution in [2.75, 3.05) is 11.5 Å². The zero-order valence-electron chi connectivity index (χ0n) is 12.7. The Morgan fingerprint density at radius 1 is 1.19 bits per heavy atom. The number of carbonyl (C=O) groups excluding carboxylic acids is 2. The minimum Gasteiger partial charge on any atom is -0.343 e. The van der Waals surface area contributed by atoms with Gasteiger partial charge in [0.15, 0.2) is 0 Å². The molecule has 6 nitrogen and oxygen atoms in total. The van der Waals surface area contributed by atoms with Crippen molar-refractivity contribution in [3.8, 4) is 0 Å². The summed E-state index contributed by atoms with van der Waals surface area (Å²) in [4.78, 5) is 26.5. The number of hydrogen-bond acceptors (Lipinski definition) is 4. The summed E-state index contributed by atoms with van der Waals surface area (Å²) in [5.74, 6) is 0.0622. The molecule has 0 aromatic carbocycles.